The normalized spacial score (nSPS) is 11.6. The third-order valence-electron chi connectivity index (χ3n) is 7.31. The van der Waals surface area contributed by atoms with E-state index in [4.69, 9.17) is 4.74 Å². The van der Waals surface area contributed by atoms with E-state index in [2.05, 4.69) is 105 Å². The molecule has 0 spiro atoms. The summed E-state index contributed by atoms with van der Waals surface area (Å²) in [6, 6.07) is 29.5. The summed E-state index contributed by atoms with van der Waals surface area (Å²) < 4.78 is 5.55. The van der Waals surface area contributed by atoms with Crippen molar-refractivity contribution in [3.05, 3.63) is 119 Å². The Labute approximate surface area is 221 Å². The van der Waals surface area contributed by atoms with Gasteiger partial charge in [0, 0.05) is 11.3 Å². The number of nitrogens with zero attached hydrogens (tertiary/aromatic N) is 1. The maximum absolute atomic E-state index is 12.8. The molecule has 0 fully saturated rings. The molecular formula is C34H35NO2. The first-order valence-corrected chi connectivity index (χ1v) is 12.6. The molecule has 0 heterocycles. The van der Waals surface area contributed by atoms with Gasteiger partial charge in [-0.15, -0.1) is 0 Å². The van der Waals surface area contributed by atoms with Gasteiger partial charge in [0.15, 0.2) is 5.78 Å². The summed E-state index contributed by atoms with van der Waals surface area (Å²) >= 11 is 0. The molecule has 0 bridgehead atoms. The van der Waals surface area contributed by atoms with Gasteiger partial charge in [-0.3, -0.25) is 4.79 Å². The highest BCUT2D eigenvalue weighted by molar-refractivity contribution is 6.21. The summed E-state index contributed by atoms with van der Waals surface area (Å²) in [5.41, 5.74) is 11.7. The average Bonchev–Trinajstić information content (AvgIpc) is 2.92. The van der Waals surface area contributed by atoms with Crippen molar-refractivity contribution in [2.24, 2.45) is 0 Å². The minimum atomic E-state index is 0.00596. The first kappa shape index (κ1) is 26.0. The molecule has 4 aromatic carbocycles. The molecule has 0 N–H and O–H groups in total. The predicted octanol–water partition coefficient (Wildman–Crippen LogP) is 9.02. The molecule has 0 amide bonds. The Morgan fingerprint density at radius 1 is 0.676 bits per heavy atom. The van der Waals surface area contributed by atoms with E-state index >= 15 is 0 Å². The minimum absolute atomic E-state index is 0.00596. The molecule has 0 saturated heterocycles. The van der Waals surface area contributed by atoms with Crippen LogP contribution in [0.5, 0.6) is 0 Å². The zero-order chi connectivity index (χ0) is 26.7. The van der Waals surface area contributed by atoms with Crippen molar-refractivity contribution in [3.63, 3.8) is 0 Å². The lowest BCUT2D eigenvalue weighted by Gasteiger charge is -2.33. The molecule has 0 aliphatic heterocycles. The number of anilines is 3. The summed E-state index contributed by atoms with van der Waals surface area (Å²) in [4.78, 5) is 15.1. The monoisotopic (exact) mass is 489 g/mol. The lowest BCUT2D eigenvalue weighted by molar-refractivity contribution is -0.111. The quantitative estimate of drug-likeness (QED) is 0.192. The second kappa shape index (κ2) is 10.9. The van der Waals surface area contributed by atoms with Crippen LogP contribution in [-0.4, -0.2) is 12.9 Å². The molecular weight excluding hydrogens is 454 g/mol. The van der Waals surface area contributed by atoms with Gasteiger partial charge in [-0.2, -0.15) is 0 Å². The molecule has 0 radical (unpaired) electrons. The number of ether oxygens (including phenoxy) is 1. The number of hydrogen-bond donors (Lipinski definition) is 0. The number of Topliss-reactive ketones (excluding diaryl/α,β-unsaturated/α-hetero) is 1. The third kappa shape index (κ3) is 4.82. The Bertz CT molecular complexity index is 1440. The van der Waals surface area contributed by atoms with E-state index in [0.29, 0.717) is 11.3 Å². The van der Waals surface area contributed by atoms with E-state index in [1.807, 2.05) is 19.1 Å². The standard InChI is InChI=1S/C34H35NO2/c1-22-24(3)34(25(4)23(2)32(22)33(26(5)36)27(6)37-7)35(29-18-12-9-13-19-29)31-21-15-14-20-30(31)28-16-10-8-11-17-28/h8-21H,1-7H3/b33-27+. The Kier molecular flexibility index (Phi) is 7.63. The molecule has 4 rings (SSSR count). The lowest BCUT2D eigenvalue weighted by Crippen LogP contribution is -2.17. The maximum atomic E-state index is 12.8. The Morgan fingerprint density at radius 3 is 1.73 bits per heavy atom. The van der Waals surface area contributed by atoms with Crippen LogP contribution in [0, 0.1) is 27.7 Å². The van der Waals surface area contributed by atoms with Crippen molar-refractivity contribution in [1.29, 1.82) is 0 Å². The van der Waals surface area contributed by atoms with E-state index in [1.165, 1.54) is 0 Å². The SMILES string of the molecule is CO/C(C)=C(\C(C)=O)c1c(C)c(C)c(N(c2ccccc2)c2ccccc2-c2ccccc2)c(C)c1C. The van der Waals surface area contributed by atoms with Gasteiger partial charge in [-0.25, -0.2) is 0 Å². The van der Waals surface area contributed by atoms with Gasteiger partial charge in [-0.1, -0.05) is 66.7 Å². The van der Waals surface area contributed by atoms with Crippen molar-refractivity contribution in [3.8, 4) is 11.1 Å². The van der Waals surface area contributed by atoms with Crippen molar-refractivity contribution in [1.82, 2.24) is 0 Å². The summed E-state index contributed by atoms with van der Waals surface area (Å²) in [5.74, 6) is 0.644. The second-order valence-corrected chi connectivity index (χ2v) is 9.47. The molecule has 0 aliphatic carbocycles. The van der Waals surface area contributed by atoms with Crippen LogP contribution in [0.4, 0.5) is 17.1 Å². The molecule has 37 heavy (non-hydrogen) atoms. The Hall–Kier alpha value is -4.11. The van der Waals surface area contributed by atoms with Crippen molar-refractivity contribution in [2.75, 3.05) is 12.0 Å². The van der Waals surface area contributed by atoms with E-state index in [9.17, 15) is 4.79 Å². The van der Waals surface area contributed by atoms with Gasteiger partial charge in [0.1, 0.15) is 5.76 Å². The van der Waals surface area contributed by atoms with Crippen LogP contribution in [0.1, 0.15) is 41.7 Å². The number of carbonyl (C=O) groups is 1. The fraction of sp³-hybridized carbons (Fsp3) is 0.206. The topological polar surface area (TPSA) is 29.5 Å². The number of methoxy groups -OCH3 is 1. The fourth-order valence-electron chi connectivity index (χ4n) is 5.20. The van der Waals surface area contributed by atoms with Gasteiger partial charge in [0.2, 0.25) is 0 Å². The highest BCUT2D eigenvalue weighted by Crippen LogP contribution is 2.46. The molecule has 0 aromatic heterocycles. The van der Waals surface area contributed by atoms with Crippen LogP contribution in [0.3, 0.4) is 0 Å². The van der Waals surface area contributed by atoms with Crippen LogP contribution in [0.2, 0.25) is 0 Å². The molecule has 0 unspecified atom stereocenters. The molecule has 0 atom stereocenters. The van der Waals surface area contributed by atoms with Gasteiger partial charge in [0.25, 0.3) is 0 Å². The van der Waals surface area contributed by atoms with E-state index in [-0.39, 0.29) is 5.78 Å². The maximum Gasteiger partial charge on any atom is 0.163 e. The van der Waals surface area contributed by atoms with Gasteiger partial charge >= 0.3 is 0 Å². The second-order valence-electron chi connectivity index (χ2n) is 9.47. The summed E-state index contributed by atoms with van der Waals surface area (Å²) in [6.45, 7) is 12.0. The zero-order valence-corrected chi connectivity index (χ0v) is 22.8. The van der Waals surface area contributed by atoms with Crippen molar-refractivity contribution < 1.29 is 9.53 Å². The first-order valence-electron chi connectivity index (χ1n) is 12.6. The van der Waals surface area contributed by atoms with E-state index in [0.717, 1.165) is 56.0 Å². The van der Waals surface area contributed by atoms with Crippen LogP contribution in [0.15, 0.2) is 90.7 Å². The third-order valence-corrected chi connectivity index (χ3v) is 7.31. The minimum Gasteiger partial charge on any atom is -0.501 e. The molecule has 188 valence electrons. The van der Waals surface area contributed by atoms with Gasteiger partial charge < -0.3 is 9.64 Å². The van der Waals surface area contributed by atoms with E-state index in [1.54, 1.807) is 14.0 Å². The summed E-state index contributed by atoms with van der Waals surface area (Å²) in [7, 11) is 1.62. The van der Waals surface area contributed by atoms with E-state index < -0.39 is 0 Å². The number of benzene rings is 4. The van der Waals surface area contributed by atoms with Crippen molar-refractivity contribution >= 4 is 28.4 Å². The molecule has 3 nitrogen and oxygen atoms in total. The highest BCUT2D eigenvalue weighted by Gasteiger charge is 2.26. The smallest absolute Gasteiger partial charge is 0.163 e. The Morgan fingerprint density at radius 2 is 1.19 bits per heavy atom. The van der Waals surface area contributed by atoms with Crippen LogP contribution in [0.25, 0.3) is 16.7 Å². The van der Waals surface area contributed by atoms with Crippen LogP contribution < -0.4 is 4.90 Å². The zero-order valence-electron chi connectivity index (χ0n) is 22.8. The molecule has 3 heteroatoms. The van der Waals surface area contributed by atoms with Gasteiger partial charge in [-0.05, 0) is 93.1 Å². The fourth-order valence-corrected chi connectivity index (χ4v) is 5.20. The number of hydrogen-bond acceptors (Lipinski definition) is 3. The number of allylic oxidation sites excluding steroid dienone is 2. The molecule has 0 saturated carbocycles. The Balaban J connectivity index is 2.08. The van der Waals surface area contributed by atoms with Crippen LogP contribution in [-0.2, 0) is 9.53 Å². The largest absolute Gasteiger partial charge is 0.501 e. The van der Waals surface area contributed by atoms with Crippen molar-refractivity contribution in [2.45, 2.75) is 41.5 Å². The molecule has 0 aliphatic rings. The number of ketones is 1. The number of carbonyl (C=O) groups excluding carboxylic acids is 1. The molecule has 4 aromatic rings. The summed E-state index contributed by atoms with van der Waals surface area (Å²) in [6.07, 6.45) is 0. The number of para-hydroxylation sites is 2. The summed E-state index contributed by atoms with van der Waals surface area (Å²) in [5, 5.41) is 0. The van der Waals surface area contributed by atoms with Crippen LogP contribution >= 0.6 is 0 Å². The predicted molar refractivity (Wildman–Crippen MR) is 156 cm³/mol. The first-order chi connectivity index (χ1) is 17.8. The lowest BCUT2D eigenvalue weighted by atomic mass is 9.85. The average molecular weight is 490 g/mol. The van der Waals surface area contributed by atoms with Gasteiger partial charge in [0.05, 0.1) is 24.1 Å². The number of rotatable bonds is 7. The highest BCUT2D eigenvalue weighted by atomic mass is 16.5.